The predicted octanol–water partition coefficient (Wildman–Crippen LogP) is 2.44. The second-order valence-electron chi connectivity index (χ2n) is 6.77. The number of nitriles is 3. The van der Waals surface area contributed by atoms with E-state index in [4.69, 9.17) is 10.5 Å². The Kier molecular flexibility index (Phi) is 4.91. The quantitative estimate of drug-likeness (QED) is 0.887. The molecule has 1 heterocycles. The highest BCUT2D eigenvalue weighted by atomic mass is 16.5. The van der Waals surface area contributed by atoms with Crippen molar-refractivity contribution in [3.8, 4) is 24.0 Å². The van der Waals surface area contributed by atoms with Gasteiger partial charge in [0, 0.05) is 30.5 Å². The van der Waals surface area contributed by atoms with Crippen molar-refractivity contribution in [3.05, 3.63) is 52.7 Å². The van der Waals surface area contributed by atoms with E-state index in [9.17, 15) is 15.8 Å². The lowest BCUT2D eigenvalue weighted by atomic mass is 9.58. The van der Waals surface area contributed by atoms with Gasteiger partial charge < -0.3 is 10.5 Å². The molecule has 0 bridgehead atoms. The van der Waals surface area contributed by atoms with Crippen LogP contribution in [0.1, 0.15) is 18.4 Å². The molecule has 2 aliphatic rings. The minimum absolute atomic E-state index is 0.0401. The first-order valence-corrected chi connectivity index (χ1v) is 8.86. The van der Waals surface area contributed by atoms with E-state index in [1.807, 2.05) is 30.3 Å². The zero-order valence-corrected chi connectivity index (χ0v) is 15.4. The van der Waals surface area contributed by atoms with E-state index in [-0.39, 0.29) is 17.2 Å². The minimum Gasteiger partial charge on any atom is -0.496 e. The van der Waals surface area contributed by atoms with Crippen LogP contribution in [0.5, 0.6) is 5.75 Å². The van der Waals surface area contributed by atoms with Gasteiger partial charge in [0.05, 0.1) is 30.5 Å². The lowest BCUT2D eigenvalue weighted by molar-refractivity contribution is 0.212. The molecule has 1 aliphatic heterocycles. The Morgan fingerprint density at radius 2 is 1.96 bits per heavy atom. The normalized spacial score (nSPS) is 24.0. The highest BCUT2D eigenvalue weighted by Crippen LogP contribution is 2.55. The Morgan fingerprint density at radius 1 is 1.26 bits per heavy atom. The molecule has 1 aromatic carbocycles. The molecule has 6 nitrogen and oxygen atoms in total. The summed E-state index contributed by atoms with van der Waals surface area (Å²) in [6.45, 7) is 4.27. The highest BCUT2D eigenvalue weighted by molar-refractivity contribution is 5.60. The van der Waals surface area contributed by atoms with Gasteiger partial charge in [0.25, 0.3) is 0 Å². The van der Waals surface area contributed by atoms with Crippen molar-refractivity contribution in [2.24, 2.45) is 17.1 Å². The van der Waals surface area contributed by atoms with Crippen molar-refractivity contribution in [2.45, 2.75) is 12.8 Å². The summed E-state index contributed by atoms with van der Waals surface area (Å²) in [6, 6.07) is 13.8. The maximum absolute atomic E-state index is 10.1. The predicted molar refractivity (Wildman–Crippen MR) is 99.9 cm³/mol. The lowest BCUT2D eigenvalue weighted by Gasteiger charge is -2.45. The molecule has 27 heavy (non-hydrogen) atoms. The Bertz CT molecular complexity index is 927. The molecule has 1 aliphatic carbocycles. The molecule has 6 heteroatoms. The van der Waals surface area contributed by atoms with Crippen molar-refractivity contribution in [3.63, 3.8) is 0 Å². The third-order valence-electron chi connectivity index (χ3n) is 5.66. The van der Waals surface area contributed by atoms with Crippen molar-refractivity contribution < 1.29 is 4.74 Å². The largest absolute Gasteiger partial charge is 0.496 e. The molecule has 0 radical (unpaired) electrons. The smallest absolute Gasteiger partial charge is 0.191 e. The third-order valence-corrected chi connectivity index (χ3v) is 5.66. The summed E-state index contributed by atoms with van der Waals surface area (Å²) in [5.41, 5.74) is 6.57. The number of methoxy groups -OCH3 is 1. The van der Waals surface area contributed by atoms with E-state index >= 15 is 0 Å². The molecule has 3 rings (SSSR count). The number of para-hydroxylation sites is 1. The number of likely N-dealkylation sites (N-methyl/N-ethyl adjacent to an activating group) is 1. The van der Waals surface area contributed by atoms with Gasteiger partial charge in [-0.25, -0.2) is 0 Å². The first kappa shape index (κ1) is 18.5. The van der Waals surface area contributed by atoms with Gasteiger partial charge in [0.15, 0.2) is 5.41 Å². The summed E-state index contributed by atoms with van der Waals surface area (Å²) < 4.78 is 5.53. The standard InChI is InChI=1S/C21H21N5O/c1-3-26-9-8-14-16(10-22)20(25)21(12-23,13-24)19(17(14)11-26)15-6-4-5-7-18(15)27-2/h4-8,17,19H,3,9,11,25H2,1-2H3/t17-,19+/m1/s1. The summed E-state index contributed by atoms with van der Waals surface area (Å²) >= 11 is 0. The molecule has 0 saturated carbocycles. The summed E-state index contributed by atoms with van der Waals surface area (Å²) in [5, 5.41) is 29.8. The minimum atomic E-state index is -1.63. The number of hydrogen-bond acceptors (Lipinski definition) is 6. The van der Waals surface area contributed by atoms with Gasteiger partial charge in [-0.05, 0) is 18.2 Å². The summed E-state index contributed by atoms with van der Waals surface area (Å²) in [5.74, 6) is -0.115. The van der Waals surface area contributed by atoms with Crippen molar-refractivity contribution in [1.82, 2.24) is 4.90 Å². The Morgan fingerprint density at radius 3 is 2.56 bits per heavy atom. The summed E-state index contributed by atoms with van der Waals surface area (Å²) in [4.78, 5) is 2.23. The van der Waals surface area contributed by atoms with Crippen LogP contribution in [0.4, 0.5) is 0 Å². The number of hydrogen-bond donors (Lipinski definition) is 1. The van der Waals surface area contributed by atoms with Crippen LogP contribution < -0.4 is 10.5 Å². The van der Waals surface area contributed by atoms with E-state index < -0.39 is 11.3 Å². The van der Waals surface area contributed by atoms with E-state index in [1.54, 1.807) is 7.11 Å². The Balaban J connectivity index is 2.35. The average molecular weight is 359 g/mol. The van der Waals surface area contributed by atoms with Crippen LogP contribution in [0, 0.1) is 45.3 Å². The molecule has 2 N–H and O–H groups in total. The van der Waals surface area contributed by atoms with E-state index in [2.05, 4.69) is 30.0 Å². The molecule has 0 unspecified atom stereocenters. The van der Waals surface area contributed by atoms with E-state index in [0.29, 0.717) is 18.8 Å². The number of rotatable bonds is 3. The molecule has 0 fully saturated rings. The molecule has 2 atom stereocenters. The van der Waals surface area contributed by atoms with Gasteiger partial charge in [-0.2, -0.15) is 15.8 Å². The number of ether oxygens (including phenoxy) is 1. The molecule has 136 valence electrons. The van der Waals surface area contributed by atoms with Crippen molar-refractivity contribution in [2.75, 3.05) is 26.7 Å². The molecule has 0 aromatic heterocycles. The topological polar surface area (TPSA) is 110 Å². The number of nitrogens with zero attached hydrogens (tertiary/aromatic N) is 4. The number of benzene rings is 1. The second kappa shape index (κ2) is 7.16. The Labute approximate surface area is 159 Å². The zero-order chi connectivity index (χ0) is 19.6. The van der Waals surface area contributed by atoms with Crippen LogP contribution in [0.25, 0.3) is 0 Å². The van der Waals surface area contributed by atoms with Gasteiger partial charge in [-0.1, -0.05) is 31.2 Å². The van der Waals surface area contributed by atoms with Crippen LogP contribution in [-0.4, -0.2) is 31.6 Å². The van der Waals surface area contributed by atoms with E-state index in [1.165, 1.54) is 0 Å². The fraction of sp³-hybridized carbons (Fsp3) is 0.381. The van der Waals surface area contributed by atoms with Gasteiger partial charge in [0.2, 0.25) is 0 Å². The van der Waals surface area contributed by atoms with Crippen molar-refractivity contribution >= 4 is 0 Å². The average Bonchev–Trinajstić information content (AvgIpc) is 2.72. The van der Waals surface area contributed by atoms with Crippen LogP contribution >= 0.6 is 0 Å². The number of allylic oxidation sites excluding steroid dienone is 2. The molecule has 0 saturated heterocycles. The fourth-order valence-electron chi connectivity index (χ4n) is 4.27. The van der Waals surface area contributed by atoms with Crippen LogP contribution in [-0.2, 0) is 0 Å². The fourth-order valence-corrected chi connectivity index (χ4v) is 4.27. The molecule has 0 spiro atoms. The van der Waals surface area contributed by atoms with Gasteiger partial charge in [-0.15, -0.1) is 0 Å². The molecule has 0 amide bonds. The maximum atomic E-state index is 10.1. The first-order valence-electron chi connectivity index (χ1n) is 8.86. The summed E-state index contributed by atoms with van der Waals surface area (Å²) in [6.07, 6.45) is 2.00. The maximum Gasteiger partial charge on any atom is 0.191 e. The van der Waals surface area contributed by atoms with Crippen LogP contribution in [0.2, 0.25) is 0 Å². The number of fused-ring (bicyclic) bond motifs is 1. The zero-order valence-electron chi connectivity index (χ0n) is 15.4. The van der Waals surface area contributed by atoms with Crippen LogP contribution in [0.15, 0.2) is 47.2 Å². The highest BCUT2D eigenvalue weighted by Gasteiger charge is 2.55. The van der Waals surface area contributed by atoms with Crippen molar-refractivity contribution in [1.29, 1.82) is 15.8 Å². The van der Waals surface area contributed by atoms with Gasteiger partial charge in [-0.3, -0.25) is 4.90 Å². The van der Waals surface area contributed by atoms with Gasteiger partial charge in [0.1, 0.15) is 11.8 Å². The molecule has 1 aromatic rings. The monoisotopic (exact) mass is 359 g/mol. The summed E-state index contributed by atoms with van der Waals surface area (Å²) in [7, 11) is 1.57. The second-order valence-corrected chi connectivity index (χ2v) is 6.77. The SMILES string of the molecule is CCN1CC=C2C(C#N)=C(N)C(C#N)(C#N)[C@@H](c3ccccc3OC)[C@@H]2C1. The first-order chi connectivity index (χ1) is 13.1. The number of nitrogens with two attached hydrogens (primary N) is 1. The third kappa shape index (κ3) is 2.65. The lowest BCUT2D eigenvalue weighted by Crippen LogP contribution is -2.48. The molecular weight excluding hydrogens is 338 g/mol. The van der Waals surface area contributed by atoms with Gasteiger partial charge >= 0.3 is 0 Å². The van der Waals surface area contributed by atoms with Crippen LogP contribution in [0.3, 0.4) is 0 Å². The van der Waals surface area contributed by atoms with E-state index in [0.717, 1.165) is 17.7 Å². The Hall–Kier alpha value is -3.27. The molecular formula is C21H21N5O.